The zero-order chi connectivity index (χ0) is 16.1. The Hall–Kier alpha value is -1.65. The number of amides is 3. The first-order valence-electron chi connectivity index (χ1n) is 8.87. The predicted molar refractivity (Wildman–Crippen MR) is 84.0 cm³/mol. The zero-order valence-electron chi connectivity index (χ0n) is 13.6. The maximum atomic E-state index is 12.6. The van der Waals surface area contributed by atoms with Crippen molar-refractivity contribution < 1.29 is 14.4 Å². The standard InChI is InChI=1S/C18H24N2O3/c1-11-3-2-7-19(10-11)14(21)6-8-20-17(22)15-12-4-5-13(9-12)16(15)18(20)23/h4-5,11-13,15-16H,2-3,6-10H2,1H3. The Labute approximate surface area is 136 Å². The number of nitrogens with zero attached hydrogens (tertiary/aromatic N) is 2. The van der Waals surface area contributed by atoms with Gasteiger partial charge in [-0.3, -0.25) is 19.3 Å². The van der Waals surface area contributed by atoms with Crippen LogP contribution in [0.15, 0.2) is 12.2 Å². The quantitative estimate of drug-likeness (QED) is 0.585. The molecule has 0 N–H and O–H groups in total. The molecule has 2 heterocycles. The number of carbonyl (C=O) groups is 3. The molecule has 2 saturated heterocycles. The van der Waals surface area contributed by atoms with Gasteiger partial charge in [0.15, 0.2) is 0 Å². The van der Waals surface area contributed by atoms with Crippen molar-refractivity contribution in [2.75, 3.05) is 19.6 Å². The summed E-state index contributed by atoms with van der Waals surface area (Å²) in [6, 6.07) is 0. The van der Waals surface area contributed by atoms with Crippen LogP contribution in [0.4, 0.5) is 0 Å². The van der Waals surface area contributed by atoms with Gasteiger partial charge in [0.05, 0.1) is 11.8 Å². The fourth-order valence-corrected chi connectivity index (χ4v) is 4.97. The molecule has 0 spiro atoms. The van der Waals surface area contributed by atoms with E-state index in [0.29, 0.717) is 5.92 Å². The third-order valence-corrected chi connectivity index (χ3v) is 6.12. The smallest absolute Gasteiger partial charge is 0.233 e. The molecule has 23 heavy (non-hydrogen) atoms. The summed E-state index contributed by atoms with van der Waals surface area (Å²) in [5.74, 6) is 0.716. The van der Waals surface area contributed by atoms with Gasteiger partial charge in [0.2, 0.25) is 17.7 Å². The van der Waals surface area contributed by atoms with Crippen molar-refractivity contribution in [1.82, 2.24) is 9.80 Å². The van der Waals surface area contributed by atoms with E-state index in [0.717, 1.165) is 25.9 Å². The Morgan fingerprint density at radius 3 is 2.43 bits per heavy atom. The van der Waals surface area contributed by atoms with E-state index in [1.807, 2.05) is 4.90 Å². The van der Waals surface area contributed by atoms with Crippen LogP contribution in [-0.2, 0) is 14.4 Å². The lowest BCUT2D eigenvalue weighted by Crippen LogP contribution is -2.41. The van der Waals surface area contributed by atoms with Crippen LogP contribution in [-0.4, -0.2) is 47.2 Å². The third-order valence-electron chi connectivity index (χ3n) is 6.12. The second kappa shape index (κ2) is 5.46. The maximum absolute atomic E-state index is 12.6. The van der Waals surface area contributed by atoms with E-state index in [-0.39, 0.29) is 54.4 Å². The van der Waals surface area contributed by atoms with Gasteiger partial charge in [-0.25, -0.2) is 0 Å². The van der Waals surface area contributed by atoms with Crippen LogP contribution in [0.3, 0.4) is 0 Å². The van der Waals surface area contributed by atoms with E-state index in [1.54, 1.807) is 0 Å². The van der Waals surface area contributed by atoms with E-state index < -0.39 is 0 Å². The number of imide groups is 1. The number of piperidine rings is 1. The van der Waals surface area contributed by atoms with Gasteiger partial charge in [-0.1, -0.05) is 19.1 Å². The highest BCUT2D eigenvalue weighted by Gasteiger charge is 2.59. The molecule has 4 rings (SSSR count). The summed E-state index contributed by atoms with van der Waals surface area (Å²) in [7, 11) is 0. The zero-order valence-corrected chi connectivity index (χ0v) is 13.6. The van der Waals surface area contributed by atoms with Crippen molar-refractivity contribution in [2.45, 2.75) is 32.6 Å². The van der Waals surface area contributed by atoms with Crippen LogP contribution in [0.5, 0.6) is 0 Å². The van der Waals surface area contributed by atoms with Gasteiger partial charge in [0, 0.05) is 26.1 Å². The minimum atomic E-state index is -0.150. The molecule has 2 aliphatic carbocycles. The highest BCUT2D eigenvalue weighted by Crippen LogP contribution is 2.52. The monoisotopic (exact) mass is 316 g/mol. The molecule has 5 heteroatoms. The largest absolute Gasteiger partial charge is 0.342 e. The van der Waals surface area contributed by atoms with Crippen LogP contribution < -0.4 is 0 Å². The summed E-state index contributed by atoms with van der Waals surface area (Å²) in [5, 5.41) is 0. The molecular formula is C18H24N2O3. The number of likely N-dealkylation sites (tertiary alicyclic amines) is 2. The molecule has 5 unspecified atom stereocenters. The van der Waals surface area contributed by atoms with Crippen LogP contribution in [0.1, 0.15) is 32.6 Å². The Morgan fingerprint density at radius 2 is 1.83 bits per heavy atom. The molecule has 2 bridgehead atoms. The molecule has 1 saturated carbocycles. The Kier molecular flexibility index (Phi) is 3.54. The Bertz CT molecular complexity index is 555. The summed E-state index contributed by atoms with van der Waals surface area (Å²) in [6.07, 6.45) is 7.64. The van der Waals surface area contributed by atoms with Crippen molar-refractivity contribution in [3.05, 3.63) is 12.2 Å². The third kappa shape index (κ3) is 2.32. The van der Waals surface area contributed by atoms with Crippen molar-refractivity contribution in [1.29, 1.82) is 0 Å². The number of fused-ring (bicyclic) bond motifs is 5. The highest BCUT2D eigenvalue weighted by molar-refractivity contribution is 6.06. The number of rotatable bonds is 3. The van der Waals surface area contributed by atoms with Gasteiger partial charge >= 0.3 is 0 Å². The summed E-state index contributed by atoms with van der Waals surface area (Å²) in [6.45, 7) is 4.04. The molecule has 5 nitrogen and oxygen atoms in total. The molecule has 0 radical (unpaired) electrons. The second-order valence-corrected chi connectivity index (χ2v) is 7.67. The lowest BCUT2D eigenvalue weighted by atomic mass is 9.85. The summed E-state index contributed by atoms with van der Waals surface area (Å²) >= 11 is 0. The van der Waals surface area contributed by atoms with E-state index in [9.17, 15) is 14.4 Å². The molecule has 0 aromatic carbocycles. The average molecular weight is 316 g/mol. The fraction of sp³-hybridized carbons (Fsp3) is 0.722. The van der Waals surface area contributed by atoms with Crippen LogP contribution >= 0.6 is 0 Å². The van der Waals surface area contributed by atoms with Gasteiger partial charge in [-0.05, 0) is 37.0 Å². The van der Waals surface area contributed by atoms with Crippen LogP contribution in [0.25, 0.3) is 0 Å². The molecular weight excluding hydrogens is 292 g/mol. The summed E-state index contributed by atoms with van der Waals surface area (Å²) in [4.78, 5) is 40.8. The van der Waals surface area contributed by atoms with Crippen molar-refractivity contribution in [3.8, 4) is 0 Å². The molecule has 0 aromatic rings. The highest BCUT2D eigenvalue weighted by atomic mass is 16.2. The number of allylic oxidation sites excluding steroid dienone is 2. The first-order chi connectivity index (χ1) is 11.1. The topological polar surface area (TPSA) is 57.7 Å². The van der Waals surface area contributed by atoms with E-state index in [1.165, 1.54) is 11.3 Å². The molecule has 3 fully saturated rings. The predicted octanol–water partition coefficient (Wildman–Crippen LogP) is 1.44. The van der Waals surface area contributed by atoms with E-state index in [4.69, 9.17) is 0 Å². The minimum Gasteiger partial charge on any atom is -0.342 e. The SMILES string of the molecule is CC1CCCN(C(=O)CCN2C(=O)C3C4C=CC(C4)C3C2=O)C1. The first kappa shape index (κ1) is 14.9. The van der Waals surface area contributed by atoms with E-state index >= 15 is 0 Å². The number of carbonyl (C=O) groups excluding carboxylic acids is 3. The number of hydrogen-bond acceptors (Lipinski definition) is 3. The summed E-state index contributed by atoms with van der Waals surface area (Å²) < 4.78 is 0. The lowest BCUT2D eigenvalue weighted by Gasteiger charge is -2.31. The summed E-state index contributed by atoms with van der Waals surface area (Å²) in [5.41, 5.74) is 0. The van der Waals surface area contributed by atoms with Gasteiger partial charge in [-0.2, -0.15) is 0 Å². The van der Waals surface area contributed by atoms with Crippen molar-refractivity contribution in [3.63, 3.8) is 0 Å². The average Bonchev–Trinajstić information content (AvgIpc) is 3.20. The van der Waals surface area contributed by atoms with Gasteiger partial charge in [0.1, 0.15) is 0 Å². The Balaban J connectivity index is 1.37. The van der Waals surface area contributed by atoms with Crippen molar-refractivity contribution in [2.24, 2.45) is 29.6 Å². The van der Waals surface area contributed by atoms with E-state index in [2.05, 4.69) is 19.1 Å². The van der Waals surface area contributed by atoms with Crippen LogP contribution in [0.2, 0.25) is 0 Å². The van der Waals surface area contributed by atoms with Crippen molar-refractivity contribution >= 4 is 17.7 Å². The number of hydrogen-bond donors (Lipinski definition) is 0. The molecule has 3 amide bonds. The van der Waals surface area contributed by atoms with Gasteiger partial charge < -0.3 is 4.90 Å². The van der Waals surface area contributed by atoms with Gasteiger partial charge in [-0.15, -0.1) is 0 Å². The molecule has 4 aliphatic rings. The molecule has 5 atom stereocenters. The minimum absolute atomic E-state index is 0.0448. The first-order valence-corrected chi connectivity index (χ1v) is 8.87. The fourth-order valence-electron chi connectivity index (χ4n) is 4.97. The van der Waals surface area contributed by atoms with Gasteiger partial charge in [0.25, 0.3) is 0 Å². The Morgan fingerprint density at radius 1 is 1.17 bits per heavy atom. The molecule has 2 aliphatic heterocycles. The molecule has 124 valence electrons. The van der Waals surface area contributed by atoms with Crippen LogP contribution in [0, 0.1) is 29.6 Å². The maximum Gasteiger partial charge on any atom is 0.233 e. The normalized spacial score (nSPS) is 38.6. The second-order valence-electron chi connectivity index (χ2n) is 7.67. The lowest BCUT2D eigenvalue weighted by molar-refractivity contribution is -0.141. The molecule has 0 aromatic heterocycles.